The van der Waals surface area contributed by atoms with Gasteiger partial charge in [0.1, 0.15) is 22.1 Å². The SMILES string of the molecule is CC(=O)C(Br)c1ccc(OC(F)F)cc1OC(F)(F)F. The summed E-state index contributed by atoms with van der Waals surface area (Å²) in [5.74, 6) is -1.77. The Balaban J connectivity index is 3.19. The minimum absolute atomic E-state index is 0.142. The molecular formula is C11H8BrF5O3. The standard InChI is InChI=1S/C11H8BrF5O3/c1-5(18)9(12)7-3-2-6(19-10(13)14)4-8(7)20-11(15,16)17/h2-4,9-10H,1H3. The summed E-state index contributed by atoms with van der Waals surface area (Å²) in [6, 6.07) is 2.70. The van der Waals surface area contributed by atoms with Crippen LogP contribution in [-0.4, -0.2) is 18.8 Å². The molecule has 1 aromatic carbocycles. The zero-order chi connectivity index (χ0) is 15.5. The minimum Gasteiger partial charge on any atom is -0.435 e. The molecule has 0 aliphatic rings. The summed E-state index contributed by atoms with van der Waals surface area (Å²) in [6.45, 7) is -2.03. The van der Waals surface area contributed by atoms with Gasteiger partial charge in [0.05, 0.1) is 0 Å². The molecule has 0 radical (unpaired) electrons. The molecule has 9 heteroatoms. The number of alkyl halides is 6. The fourth-order valence-corrected chi connectivity index (χ4v) is 1.71. The fraction of sp³-hybridized carbons (Fsp3) is 0.364. The number of ketones is 1. The van der Waals surface area contributed by atoms with Crippen molar-refractivity contribution in [1.29, 1.82) is 0 Å². The summed E-state index contributed by atoms with van der Waals surface area (Å²) >= 11 is 2.90. The van der Waals surface area contributed by atoms with Crippen LogP contribution in [-0.2, 0) is 4.79 Å². The number of Topliss-reactive ketones (excluding diaryl/α,β-unsaturated/α-hetero) is 1. The van der Waals surface area contributed by atoms with E-state index in [4.69, 9.17) is 0 Å². The predicted molar refractivity (Wildman–Crippen MR) is 62.1 cm³/mol. The number of halogens is 6. The molecule has 1 aromatic rings. The highest BCUT2D eigenvalue weighted by Crippen LogP contribution is 2.37. The van der Waals surface area contributed by atoms with Gasteiger partial charge in [-0.05, 0) is 13.0 Å². The van der Waals surface area contributed by atoms with Gasteiger partial charge in [-0.15, -0.1) is 13.2 Å². The van der Waals surface area contributed by atoms with Crippen molar-refractivity contribution in [3.8, 4) is 11.5 Å². The van der Waals surface area contributed by atoms with Crippen LogP contribution in [0.1, 0.15) is 17.3 Å². The molecule has 0 amide bonds. The first kappa shape index (κ1) is 16.7. The molecule has 0 heterocycles. The van der Waals surface area contributed by atoms with E-state index in [0.29, 0.717) is 6.07 Å². The average molecular weight is 363 g/mol. The maximum absolute atomic E-state index is 12.3. The molecule has 1 rings (SSSR count). The van der Waals surface area contributed by atoms with E-state index >= 15 is 0 Å². The topological polar surface area (TPSA) is 35.5 Å². The summed E-state index contributed by atoms with van der Waals surface area (Å²) in [4.78, 5) is 10.1. The van der Waals surface area contributed by atoms with Crippen LogP contribution in [0.25, 0.3) is 0 Å². The minimum atomic E-state index is -5.03. The fourth-order valence-electron chi connectivity index (χ4n) is 1.33. The van der Waals surface area contributed by atoms with Crippen molar-refractivity contribution in [3.05, 3.63) is 23.8 Å². The number of carbonyl (C=O) groups excluding carboxylic acids is 1. The maximum atomic E-state index is 12.3. The van der Waals surface area contributed by atoms with Crippen molar-refractivity contribution in [1.82, 2.24) is 0 Å². The molecule has 0 aromatic heterocycles. The first-order valence-electron chi connectivity index (χ1n) is 5.09. The van der Waals surface area contributed by atoms with E-state index in [0.717, 1.165) is 19.1 Å². The van der Waals surface area contributed by atoms with Gasteiger partial charge in [-0.3, -0.25) is 4.79 Å². The van der Waals surface area contributed by atoms with Crippen molar-refractivity contribution < 1.29 is 36.2 Å². The van der Waals surface area contributed by atoms with Crippen LogP contribution in [0.3, 0.4) is 0 Å². The van der Waals surface area contributed by atoms with Crippen molar-refractivity contribution in [2.45, 2.75) is 24.7 Å². The highest BCUT2D eigenvalue weighted by Gasteiger charge is 2.33. The molecule has 1 atom stereocenters. The number of ether oxygens (including phenoxy) is 2. The van der Waals surface area contributed by atoms with Gasteiger partial charge in [0.25, 0.3) is 0 Å². The Morgan fingerprint density at radius 2 is 1.90 bits per heavy atom. The lowest BCUT2D eigenvalue weighted by Crippen LogP contribution is -2.19. The maximum Gasteiger partial charge on any atom is 0.573 e. The number of hydrogen-bond acceptors (Lipinski definition) is 3. The van der Waals surface area contributed by atoms with Gasteiger partial charge in [0.2, 0.25) is 0 Å². The third kappa shape index (κ3) is 4.95. The average Bonchev–Trinajstić information content (AvgIpc) is 2.25. The number of hydrogen-bond donors (Lipinski definition) is 0. The quantitative estimate of drug-likeness (QED) is 0.581. The van der Waals surface area contributed by atoms with Gasteiger partial charge in [-0.1, -0.05) is 22.0 Å². The van der Waals surface area contributed by atoms with E-state index in [-0.39, 0.29) is 5.56 Å². The van der Waals surface area contributed by atoms with Crippen LogP contribution in [0.2, 0.25) is 0 Å². The van der Waals surface area contributed by atoms with E-state index in [1.54, 1.807) is 0 Å². The second kappa shape index (κ2) is 6.38. The Labute approximate surface area is 118 Å². The molecular weight excluding hydrogens is 355 g/mol. The number of benzene rings is 1. The molecule has 0 fully saturated rings. The van der Waals surface area contributed by atoms with Crippen LogP contribution in [0.4, 0.5) is 22.0 Å². The van der Waals surface area contributed by atoms with E-state index in [1.807, 2.05) is 0 Å². The molecule has 1 unspecified atom stereocenters. The van der Waals surface area contributed by atoms with Crippen molar-refractivity contribution in [3.63, 3.8) is 0 Å². The van der Waals surface area contributed by atoms with E-state index < -0.39 is 35.1 Å². The third-order valence-electron chi connectivity index (χ3n) is 2.07. The molecule has 20 heavy (non-hydrogen) atoms. The molecule has 0 N–H and O–H groups in total. The Morgan fingerprint density at radius 3 is 2.35 bits per heavy atom. The third-order valence-corrected chi connectivity index (χ3v) is 3.20. The van der Waals surface area contributed by atoms with Crippen LogP contribution >= 0.6 is 15.9 Å². The Bertz CT molecular complexity index is 489. The number of carbonyl (C=O) groups is 1. The summed E-state index contributed by atoms with van der Waals surface area (Å²) in [5, 5.41) is 0. The molecule has 0 saturated carbocycles. The molecule has 0 bridgehead atoms. The van der Waals surface area contributed by atoms with E-state index in [9.17, 15) is 26.7 Å². The zero-order valence-corrected chi connectivity index (χ0v) is 11.5. The van der Waals surface area contributed by atoms with Gasteiger partial charge in [0.15, 0.2) is 0 Å². The van der Waals surface area contributed by atoms with Gasteiger partial charge in [0, 0.05) is 11.6 Å². The number of rotatable bonds is 5. The highest BCUT2D eigenvalue weighted by atomic mass is 79.9. The summed E-state index contributed by atoms with van der Waals surface area (Å²) in [7, 11) is 0. The molecule has 0 spiro atoms. The molecule has 0 aliphatic heterocycles. The summed E-state index contributed by atoms with van der Waals surface area (Å²) in [5.41, 5.74) is -0.142. The molecule has 0 saturated heterocycles. The van der Waals surface area contributed by atoms with Crippen LogP contribution in [0.5, 0.6) is 11.5 Å². The van der Waals surface area contributed by atoms with Crippen LogP contribution < -0.4 is 9.47 Å². The lowest BCUT2D eigenvalue weighted by molar-refractivity contribution is -0.274. The summed E-state index contributed by atoms with van der Waals surface area (Å²) in [6.07, 6.45) is -5.03. The lowest BCUT2D eigenvalue weighted by atomic mass is 10.1. The largest absolute Gasteiger partial charge is 0.573 e. The lowest BCUT2D eigenvalue weighted by Gasteiger charge is -2.16. The smallest absolute Gasteiger partial charge is 0.435 e. The zero-order valence-electron chi connectivity index (χ0n) is 9.88. The first-order valence-corrected chi connectivity index (χ1v) is 6.00. The predicted octanol–water partition coefficient (Wildman–Crippen LogP) is 4.21. The normalized spacial score (nSPS) is 13.2. The van der Waals surface area contributed by atoms with Gasteiger partial charge >= 0.3 is 13.0 Å². The second-order valence-corrected chi connectivity index (χ2v) is 4.51. The summed E-state index contributed by atoms with van der Waals surface area (Å²) < 4.78 is 68.6. The molecule has 3 nitrogen and oxygen atoms in total. The van der Waals surface area contributed by atoms with Crippen molar-refractivity contribution >= 4 is 21.7 Å². The molecule has 0 aliphatic carbocycles. The highest BCUT2D eigenvalue weighted by molar-refractivity contribution is 9.09. The van der Waals surface area contributed by atoms with E-state index in [2.05, 4.69) is 25.4 Å². The first-order chi connectivity index (χ1) is 9.10. The van der Waals surface area contributed by atoms with E-state index in [1.165, 1.54) is 0 Å². The monoisotopic (exact) mass is 362 g/mol. The Hall–Kier alpha value is -1.38. The Morgan fingerprint density at radius 1 is 1.30 bits per heavy atom. The van der Waals surface area contributed by atoms with Crippen molar-refractivity contribution in [2.24, 2.45) is 0 Å². The second-order valence-electron chi connectivity index (χ2n) is 3.60. The van der Waals surface area contributed by atoms with Gasteiger partial charge < -0.3 is 9.47 Å². The van der Waals surface area contributed by atoms with Gasteiger partial charge in [-0.2, -0.15) is 8.78 Å². The molecule has 112 valence electrons. The van der Waals surface area contributed by atoms with Crippen LogP contribution in [0.15, 0.2) is 18.2 Å². The van der Waals surface area contributed by atoms with Crippen LogP contribution in [0, 0.1) is 0 Å². The van der Waals surface area contributed by atoms with Crippen molar-refractivity contribution in [2.75, 3.05) is 0 Å². The van der Waals surface area contributed by atoms with Gasteiger partial charge in [-0.25, -0.2) is 0 Å². The Kier molecular flexibility index (Phi) is 5.32.